The van der Waals surface area contributed by atoms with E-state index in [9.17, 15) is 14.5 Å². The van der Waals surface area contributed by atoms with Crippen molar-refractivity contribution in [1.82, 2.24) is 4.90 Å². The summed E-state index contributed by atoms with van der Waals surface area (Å²) >= 11 is 0. The monoisotopic (exact) mass is 393 g/mol. The molecule has 6 nitrogen and oxygen atoms in total. The van der Waals surface area contributed by atoms with Crippen LogP contribution in [0.15, 0.2) is 12.1 Å². The third-order valence-corrected chi connectivity index (χ3v) is 6.50. The van der Waals surface area contributed by atoms with Gasteiger partial charge in [-0.05, 0) is 70.9 Å². The lowest BCUT2D eigenvalue weighted by Gasteiger charge is -2.48. The van der Waals surface area contributed by atoms with Crippen molar-refractivity contribution in [2.24, 2.45) is 0 Å². The number of ether oxygens (including phenoxy) is 1. The topological polar surface area (TPSA) is 67.6 Å². The molecule has 0 atom stereocenters. The summed E-state index contributed by atoms with van der Waals surface area (Å²) in [6, 6.07) is 2.74. The van der Waals surface area contributed by atoms with Crippen molar-refractivity contribution in [2.45, 2.75) is 77.0 Å². The number of nitro groups is 1. The maximum absolute atomic E-state index is 13.7. The summed E-state index contributed by atoms with van der Waals surface area (Å²) in [5.74, 6) is -0.539. The molecular weight excluding hydrogens is 361 g/mol. The van der Waals surface area contributed by atoms with Gasteiger partial charge in [0.05, 0.1) is 17.1 Å². The van der Waals surface area contributed by atoms with Gasteiger partial charge in [-0.2, -0.15) is 0 Å². The Labute approximate surface area is 166 Å². The molecule has 28 heavy (non-hydrogen) atoms. The van der Waals surface area contributed by atoms with Crippen molar-refractivity contribution in [2.75, 3.05) is 25.0 Å². The van der Waals surface area contributed by atoms with Crippen molar-refractivity contribution in [3.8, 4) is 0 Å². The molecule has 1 saturated carbocycles. The number of benzene rings is 1. The smallest absolute Gasteiger partial charge is 0.295 e. The Morgan fingerprint density at radius 1 is 1.29 bits per heavy atom. The molecule has 1 aromatic rings. The molecular formula is C21H32FN3O3. The predicted octanol–water partition coefficient (Wildman–Crippen LogP) is 4.66. The van der Waals surface area contributed by atoms with E-state index in [2.05, 4.69) is 24.1 Å². The van der Waals surface area contributed by atoms with Crippen LogP contribution in [0.3, 0.4) is 0 Å². The highest BCUT2D eigenvalue weighted by Crippen LogP contribution is 2.37. The van der Waals surface area contributed by atoms with Gasteiger partial charge in [-0.1, -0.05) is 0 Å². The minimum absolute atomic E-state index is 0.170. The van der Waals surface area contributed by atoms with E-state index < -0.39 is 10.7 Å². The Bertz CT molecular complexity index is 696. The van der Waals surface area contributed by atoms with E-state index in [0.29, 0.717) is 17.4 Å². The standard InChI is InChI=1S/C21H32FN3O3/c1-4-28-17-5-9-21(3,10-6-17)24-11-7-16(8-12-24)23-19-13-15(2)18(22)14-20(19)25(26)27/h13-14,16-17,23H,4-12H2,1-3H3. The van der Waals surface area contributed by atoms with Crippen LogP contribution in [0, 0.1) is 22.9 Å². The van der Waals surface area contributed by atoms with E-state index in [1.54, 1.807) is 13.0 Å². The van der Waals surface area contributed by atoms with E-state index >= 15 is 0 Å². The molecule has 1 saturated heterocycles. The molecule has 1 aromatic carbocycles. The second-order valence-corrected chi connectivity index (χ2v) is 8.43. The van der Waals surface area contributed by atoms with Crippen molar-refractivity contribution < 1.29 is 14.1 Å². The molecule has 0 unspecified atom stereocenters. The molecule has 156 valence electrons. The second-order valence-electron chi connectivity index (χ2n) is 8.43. The van der Waals surface area contributed by atoms with Gasteiger partial charge in [0.25, 0.3) is 5.69 Å². The highest BCUT2D eigenvalue weighted by atomic mass is 19.1. The van der Waals surface area contributed by atoms with Crippen LogP contribution in [-0.2, 0) is 4.74 Å². The third kappa shape index (κ3) is 4.63. The fraction of sp³-hybridized carbons (Fsp3) is 0.714. The summed E-state index contributed by atoms with van der Waals surface area (Å²) in [7, 11) is 0. The Hall–Kier alpha value is -1.73. The number of rotatable bonds is 6. The number of hydrogen-bond acceptors (Lipinski definition) is 5. The van der Waals surface area contributed by atoms with Crippen LogP contribution in [0.25, 0.3) is 0 Å². The van der Waals surface area contributed by atoms with Gasteiger partial charge in [0, 0.05) is 31.3 Å². The number of anilines is 1. The molecule has 2 fully saturated rings. The predicted molar refractivity (Wildman–Crippen MR) is 108 cm³/mol. The summed E-state index contributed by atoms with van der Waals surface area (Å²) < 4.78 is 19.5. The first-order valence-electron chi connectivity index (χ1n) is 10.4. The first-order chi connectivity index (χ1) is 13.3. The number of nitro benzene ring substituents is 1. The maximum atomic E-state index is 13.7. The molecule has 1 aliphatic heterocycles. The summed E-state index contributed by atoms with van der Waals surface area (Å²) in [6.07, 6.45) is 6.79. The number of aryl methyl sites for hydroxylation is 1. The second kappa shape index (κ2) is 8.74. The molecule has 1 aliphatic carbocycles. The van der Waals surface area contributed by atoms with Crippen molar-refractivity contribution >= 4 is 11.4 Å². The number of piperidine rings is 1. The van der Waals surface area contributed by atoms with Crippen LogP contribution >= 0.6 is 0 Å². The number of likely N-dealkylation sites (tertiary alicyclic amines) is 1. The first-order valence-corrected chi connectivity index (χ1v) is 10.4. The molecule has 0 radical (unpaired) electrons. The van der Waals surface area contributed by atoms with Crippen molar-refractivity contribution in [1.29, 1.82) is 0 Å². The highest BCUT2D eigenvalue weighted by Gasteiger charge is 2.38. The largest absolute Gasteiger partial charge is 0.379 e. The van der Waals surface area contributed by atoms with Gasteiger partial charge >= 0.3 is 0 Å². The summed E-state index contributed by atoms with van der Waals surface area (Å²) in [5.41, 5.74) is 0.874. The zero-order chi connectivity index (χ0) is 20.3. The average Bonchev–Trinajstić information content (AvgIpc) is 2.67. The third-order valence-electron chi connectivity index (χ3n) is 6.50. The van der Waals surface area contributed by atoms with E-state index in [0.717, 1.165) is 64.3 Å². The van der Waals surface area contributed by atoms with E-state index in [4.69, 9.17) is 4.74 Å². The normalized spacial score (nSPS) is 26.9. The van der Waals surface area contributed by atoms with Gasteiger partial charge < -0.3 is 10.1 Å². The van der Waals surface area contributed by atoms with E-state index in [1.807, 2.05) is 0 Å². The lowest BCUT2D eigenvalue weighted by atomic mass is 9.79. The fourth-order valence-corrected chi connectivity index (χ4v) is 4.65. The quantitative estimate of drug-likeness (QED) is 0.562. The molecule has 0 amide bonds. The molecule has 2 aliphatic rings. The minimum atomic E-state index is -0.539. The molecule has 3 rings (SSSR count). The Balaban J connectivity index is 1.58. The summed E-state index contributed by atoms with van der Waals surface area (Å²) in [5, 5.41) is 14.6. The van der Waals surface area contributed by atoms with Crippen LogP contribution in [0.4, 0.5) is 15.8 Å². The van der Waals surface area contributed by atoms with Gasteiger partial charge in [-0.25, -0.2) is 4.39 Å². The minimum Gasteiger partial charge on any atom is -0.379 e. The highest BCUT2D eigenvalue weighted by molar-refractivity contribution is 5.63. The van der Waals surface area contributed by atoms with Crippen molar-refractivity contribution in [3.63, 3.8) is 0 Å². The van der Waals surface area contributed by atoms with Crippen LogP contribution in [-0.4, -0.2) is 47.2 Å². The number of halogens is 1. The van der Waals surface area contributed by atoms with Gasteiger partial charge in [0.2, 0.25) is 0 Å². The molecule has 0 bridgehead atoms. The Morgan fingerprint density at radius 2 is 1.93 bits per heavy atom. The van der Waals surface area contributed by atoms with E-state index in [-0.39, 0.29) is 17.3 Å². The lowest BCUT2D eigenvalue weighted by molar-refractivity contribution is -0.384. The number of nitrogens with zero attached hydrogens (tertiary/aromatic N) is 2. The SMILES string of the molecule is CCOC1CCC(C)(N2CCC(Nc3cc(C)c(F)cc3[N+](=O)[O-])CC2)CC1. The summed E-state index contributed by atoms with van der Waals surface area (Å²) in [6.45, 7) is 8.78. The zero-order valence-corrected chi connectivity index (χ0v) is 17.2. The maximum Gasteiger partial charge on any atom is 0.295 e. The van der Waals surface area contributed by atoms with Gasteiger partial charge in [-0.3, -0.25) is 15.0 Å². The molecule has 0 spiro atoms. The number of nitrogens with one attached hydrogen (secondary N) is 1. The summed E-state index contributed by atoms with van der Waals surface area (Å²) in [4.78, 5) is 13.3. The van der Waals surface area contributed by atoms with Crippen LogP contribution < -0.4 is 5.32 Å². The van der Waals surface area contributed by atoms with Gasteiger partial charge in [-0.15, -0.1) is 0 Å². The van der Waals surface area contributed by atoms with Crippen LogP contribution in [0.1, 0.15) is 57.9 Å². The van der Waals surface area contributed by atoms with Crippen LogP contribution in [0.2, 0.25) is 0 Å². The first kappa shape index (κ1) is 21.0. The molecule has 1 N–H and O–H groups in total. The van der Waals surface area contributed by atoms with Gasteiger partial charge in [0.15, 0.2) is 0 Å². The lowest BCUT2D eigenvalue weighted by Crippen LogP contribution is -2.53. The van der Waals surface area contributed by atoms with Gasteiger partial charge in [0.1, 0.15) is 11.5 Å². The number of hydrogen-bond donors (Lipinski definition) is 1. The molecule has 7 heteroatoms. The average molecular weight is 394 g/mol. The Kier molecular flexibility index (Phi) is 6.55. The molecule has 1 heterocycles. The fourth-order valence-electron chi connectivity index (χ4n) is 4.65. The van der Waals surface area contributed by atoms with Crippen molar-refractivity contribution in [3.05, 3.63) is 33.6 Å². The molecule has 0 aromatic heterocycles. The van der Waals surface area contributed by atoms with E-state index in [1.165, 1.54) is 0 Å². The van der Waals surface area contributed by atoms with Crippen LogP contribution in [0.5, 0.6) is 0 Å². The zero-order valence-electron chi connectivity index (χ0n) is 17.2. The Morgan fingerprint density at radius 3 is 2.50 bits per heavy atom.